The molecule has 1 saturated heterocycles. The minimum absolute atomic E-state index is 0.0102. The minimum Gasteiger partial charge on any atom is -0.447 e. The van der Waals surface area contributed by atoms with Crippen molar-refractivity contribution in [2.75, 3.05) is 25.9 Å². The van der Waals surface area contributed by atoms with E-state index in [4.69, 9.17) is 19.9 Å². The molecule has 0 radical (unpaired) electrons. The molecular formula is C25H30FN5O6S. The Morgan fingerprint density at radius 2 is 2.03 bits per heavy atom. The molecule has 1 aromatic carbocycles. The van der Waals surface area contributed by atoms with Gasteiger partial charge in [0, 0.05) is 25.5 Å². The number of rotatable bonds is 7. The Kier molecular flexibility index (Phi) is 8.14. The van der Waals surface area contributed by atoms with Gasteiger partial charge in [-0.05, 0) is 57.2 Å². The van der Waals surface area contributed by atoms with Crippen molar-refractivity contribution in [3.05, 3.63) is 53.6 Å². The summed E-state index contributed by atoms with van der Waals surface area (Å²) in [7, 11) is -3.59. The molecule has 0 unspecified atom stereocenters. The van der Waals surface area contributed by atoms with E-state index >= 15 is 0 Å². The highest BCUT2D eigenvalue weighted by Crippen LogP contribution is 2.32. The zero-order valence-corrected chi connectivity index (χ0v) is 22.2. The summed E-state index contributed by atoms with van der Waals surface area (Å²) in [5.74, 6) is -0.252. The Morgan fingerprint density at radius 3 is 2.63 bits per heavy atom. The number of likely N-dealkylation sites (tertiary alicyclic amines) is 1. The van der Waals surface area contributed by atoms with Crippen LogP contribution in [0.4, 0.5) is 9.18 Å². The number of piperidine rings is 1. The van der Waals surface area contributed by atoms with Crippen LogP contribution in [-0.2, 0) is 25.7 Å². The number of benzene rings is 1. The smallest absolute Gasteiger partial charge is 0.410 e. The maximum absolute atomic E-state index is 14.8. The molecule has 13 heteroatoms. The number of halogens is 1. The van der Waals surface area contributed by atoms with Crippen molar-refractivity contribution in [3.63, 3.8) is 0 Å². The van der Waals surface area contributed by atoms with Gasteiger partial charge in [-0.3, -0.25) is 0 Å². The first kappa shape index (κ1) is 27.3. The molecule has 0 bridgehead atoms. The number of hydrogen-bond acceptors (Lipinski definition) is 10. The van der Waals surface area contributed by atoms with Gasteiger partial charge in [0.2, 0.25) is 11.8 Å². The monoisotopic (exact) mass is 547 g/mol. The molecule has 2 aliphatic rings. The van der Waals surface area contributed by atoms with Crippen LogP contribution < -0.4 is 10.5 Å². The molecule has 0 aliphatic carbocycles. The lowest BCUT2D eigenvalue weighted by molar-refractivity contribution is 0.0653. The van der Waals surface area contributed by atoms with E-state index in [2.05, 4.69) is 15.0 Å². The SMILES string of the molecule is CC(C)OC(=O)N1CCC(Cc2ncnc(Oc3ccc(S(C)(=O)=O)cc3F)c2C2=NC/C(=C/N)O2)CC1. The first-order valence-corrected chi connectivity index (χ1v) is 14.0. The molecule has 0 spiro atoms. The lowest BCUT2D eigenvalue weighted by Crippen LogP contribution is -2.40. The molecule has 2 aromatic rings. The summed E-state index contributed by atoms with van der Waals surface area (Å²) in [5, 5.41) is 0. The molecule has 0 atom stereocenters. The third kappa shape index (κ3) is 6.39. The molecule has 204 valence electrons. The van der Waals surface area contributed by atoms with Gasteiger partial charge in [0.1, 0.15) is 24.2 Å². The fourth-order valence-electron chi connectivity index (χ4n) is 4.17. The summed E-state index contributed by atoms with van der Waals surface area (Å²) < 4.78 is 55.2. The number of carbonyl (C=O) groups excluding carboxylic acids is 1. The van der Waals surface area contributed by atoms with Crippen molar-refractivity contribution in [2.45, 2.75) is 44.1 Å². The highest BCUT2D eigenvalue weighted by molar-refractivity contribution is 7.90. The largest absolute Gasteiger partial charge is 0.447 e. The van der Waals surface area contributed by atoms with Crippen molar-refractivity contribution in [1.82, 2.24) is 14.9 Å². The zero-order valence-electron chi connectivity index (χ0n) is 21.4. The summed E-state index contributed by atoms with van der Waals surface area (Å²) >= 11 is 0. The summed E-state index contributed by atoms with van der Waals surface area (Å²) in [5.41, 5.74) is 6.54. The van der Waals surface area contributed by atoms with E-state index in [1.807, 2.05) is 13.8 Å². The Bertz CT molecular complexity index is 1370. The fraction of sp³-hybridized carbons (Fsp3) is 0.440. The van der Waals surface area contributed by atoms with E-state index in [-0.39, 0.29) is 47.1 Å². The Labute approximate surface area is 220 Å². The molecule has 2 N–H and O–H groups in total. The predicted molar refractivity (Wildman–Crippen MR) is 136 cm³/mol. The molecule has 1 aromatic heterocycles. The van der Waals surface area contributed by atoms with Crippen LogP contribution in [0.2, 0.25) is 0 Å². The van der Waals surface area contributed by atoms with Crippen LogP contribution in [-0.4, -0.2) is 67.3 Å². The first-order chi connectivity index (χ1) is 18.0. The number of amides is 1. The van der Waals surface area contributed by atoms with Gasteiger partial charge in [0.15, 0.2) is 21.4 Å². The number of aromatic nitrogens is 2. The van der Waals surface area contributed by atoms with Crippen molar-refractivity contribution < 1.29 is 31.8 Å². The number of ether oxygens (including phenoxy) is 3. The molecule has 11 nitrogen and oxygen atoms in total. The van der Waals surface area contributed by atoms with Gasteiger partial charge in [0.05, 0.1) is 16.7 Å². The predicted octanol–water partition coefficient (Wildman–Crippen LogP) is 3.19. The fourth-order valence-corrected chi connectivity index (χ4v) is 4.81. The van der Waals surface area contributed by atoms with E-state index in [0.29, 0.717) is 36.5 Å². The number of hydrogen-bond donors (Lipinski definition) is 1. The molecule has 4 rings (SSSR count). The van der Waals surface area contributed by atoms with Gasteiger partial charge in [-0.1, -0.05) is 0 Å². The molecule has 0 saturated carbocycles. The zero-order chi connectivity index (χ0) is 27.4. The Balaban J connectivity index is 1.59. The van der Waals surface area contributed by atoms with Crippen LogP contribution in [0.1, 0.15) is 37.9 Å². The van der Waals surface area contributed by atoms with Crippen LogP contribution in [0, 0.1) is 11.7 Å². The molecule has 38 heavy (non-hydrogen) atoms. The van der Waals surface area contributed by atoms with Gasteiger partial charge in [0.25, 0.3) is 0 Å². The molecule has 1 fully saturated rings. The lowest BCUT2D eigenvalue weighted by atomic mass is 9.91. The highest BCUT2D eigenvalue weighted by Gasteiger charge is 2.30. The second-order valence-electron chi connectivity index (χ2n) is 9.39. The number of nitrogens with zero attached hydrogens (tertiary/aromatic N) is 4. The van der Waals surface area contributed by atoms with Gasteiger partial charge in [-0.25, -0.2) is 32.6 Å². The van der Waals surface area contributed by atoms with E-state index in [1.165, 1.54) is 24.7 Å². The lowest BCUT2D eigenvalue weighted by Gasteiger charge is -2.32. The van der Waals surface area contributed by atoms with E-state index in [9.17, 15) is 17.6 Å². The second-order valence-corrected chi connectivity index (χ2v) is 11.4. The summed E-state index contributed by atoms with van der Waals surface area (Å²) in [6.45, 7) is 4.94. The molecular weight excluding hydrogens is 517 g/mol. The highest BCUT2D eigenvalue weighted by atomic mass is 32.2. The van der Waals surface area contributed by atoms with E-state index in [0.717, 1.165) is 25.2 Å². The normalized spacial score (nSPS) is 17.4. The third-order valence-electron chi connectivity index (χ3n) is 6.13. The third-order valence-corrected chi connectivity index (χ3v) is 7.24. The summed E-state index contributed by atoms with van der Waals surface area (Å²) in [6, 6.07) is 3.38. The Hall–Kier alpha value is -3.74. The van der Waals surface area contributed by atoms with E-state index < -0.39 is 15.7 Å². The number of aliphatic imine (C=N–C) groups is 1. The average molecular weight is 548 g/mol. The minimum atomic E-state index is -3.59. The van der Waals surface area contributed by atoms with E-state index in [1.54, 1.807) is 4.90 Å². The van der Waals surface area contributed by atoms with Crippen LogP contribution in [0.15, 0.2) is 46.4 Å². The van der Waals surface area contributed by atoms with Crippen molar-refractivity contribution in [3.8, 4) is 11.6 Å². The second kappa shape index (κ2) is 11.3. The standard InChI is InChI=1S/C25H30FN5O6S/c1-15(2)35-25(32)31-8-6-16(7-9-31)10-20-22(23-28-13-17(12-27)36-23)24(30-14-29-20)37-21-5-4-18(11-19(21)26)38(3,33)34/h4-5,11-12,14-16H,6-10,13,27H2,1-3H3/b17-12-. The Morgan fingerprint density at radius 1 is 1.29 bits per heavy atom. The molecule has 3 heterocycles. The average Bonchev–Trinajstić information content (AvgIpc) is 3.34. The van der Waals surface area contributed by atoms with Crippen molar-refractivity contribution in [2.24, 2.45) is 16.6 Å². The summed E-state index contributed by atoms with van der Waals surface area (Å²) in [4.78, 5) is 26.8. The maximum atomic E-state index is 14.8. The first-order valence-electron chi connectivity index (χ1n) is 12.2. The number of carbonyl (C=O) groups is 1. The van der Waals surface area contributed by atoms with Gasteiger partial charge in [-0.15, -0.1) is 0 Å². The van der Waals surface area contributed by atoms with Crippen LogP contribution in [0.25, 0.3) is 0 Å². The number of sulfone groups is 1. The van der Waals surface area contributed by atoms with Gasteiger partial charge < -0.3 is 24.8 Å². The van der Waals surface area contributed by atoms with Gasteiger partial charge >= 0.3 is 6.09 Å². The van der Waals surface area contributed by atoms with Crippen LogP contribution in [0.3, 0.4) is 0 Å². The van der Waals surface area contributed by atoms with Crippen LogP contribution in [0.5, 0.6) is 11.6 Å². The summed E-state index contributed by atoms with van der Waals surface area (Å²) in [6.07, 6.45) is 5.07. The maximum Gasteiger partial charge on any atom is 0.410 e. The topological polar surface area (TPSA) is 146 Å². The van der Waals surface area contributed by atoms with Crippen molar-refractivity contribution in [1.29, 1.82) is 0 Å². The molecule has 1 amide bonds. The van der Waals surface area contributed by atoms with Gasteiger partial charge in [-0.2, -0.15) is 0 Å². The van der Waals surface area contributed by atoms with Crippen molar-refractivity contribution >= 4 is 21.8 Å². The quantitative estimate of drug-likeness (QED) is 0.552. The number of nitrogens with two attached hydrogens (primary N) is 1. The molecule has 2 aliphatic heterocycles. The van der Waals surface area contributed by atoms with Crippen LogP contribution >= 0.6 is 0 Å².